The number of aliphatic hydroxyl groups is 2. The van der Waals surface area contributed by atoms with Crippen molar-refractivity contribution in [2.24, 2.45) is 0 Å². The first-order valence-electron chi connectivity index (χ1n) is 8.14. The van der Waals surface area contributed by atoms with E-state index in [0.717, 1.165) is 11.1 Å². The van der Waals surface area contributed by atoms with Gasteiger partial charge in [-0.25, -0.2) is 0 Å². The summed E-state index contributed by atoms with van der Waals surface area (Å²) < 4.78 is 11.1. The van der Waals surface area contributed by atoms with Gasteiger partial charge in [-0.2, -0.15) is 0 Å². The third-order valence-electron chi connectivity index (χ3n) is 3.99. The fourth-order valence-corrected chi connectivity index (χ4v) is 2.15. The van der Waals surface area contributed by atoms with Gasteiger partial charge in [-0.05, 0) is 27.7 Å². The molecule has 1 aromatic rings. The Morgan fingerprint density at radius 1 is 0.792 bits per heavy atom. The molecule has 1 rings (SSSR count). The van der Waals surface area contributed by atoms with E-state index >= 15 is 0 Å². The summed E-state index contributed by atoms with van der Waals surface area (Å²) >= 11 is 0. The van der Waals surface area contributed by atoms with E-state index in [-0.39, 0.29) is 24.3 Å². The van der Waals surface area contributed by atoms with Crippen LogP contribution in [0.4, 0.5) is 0 Å². The summed E-state index contributed by atoms with van der Waals surface area (Å²) in [6.07, 6.45) is 0. The van der Waals surface area contributed by atoms with Gasteiger partial charge in [0.05, 0.1) is 27.4 Å². The minimum Gasteiger partial charge on any atom is -0.493 e. The van der Waals surface area contributed by atoms with Gasteiger partial charge in [-0.3, -0.25) is 0 Å². The minimum absolute atomic E-state index is 0.0463. The van der Waals surface area contributed by atoms with Gasteiger partial charge in [0.25, 0.3) is 0 Å². The van der Waals surface area contributed by atoms with Crippen LogP contribution in [0.5, 0.6) is 11.5 Å². The second kappa shape index (κ2) is 8.67. The Labute approximate surface area is 145 Å². The van der Waals surface area contributed by atoms with Crippen molar-refractivity contribution in [1.82, 2.24) is 10.6 Å². The van der Waals surface area contributed by atoms with E-state index in [0.29, 0.717) is 24.6 Å². The smallest absolute Gasteiger partial charge is 0.165 e. The van der Waals surface area contributed by atoms with E-state index in [1.54, 1.807) is 14.2 Å². The maximum Gasteiger partial charge on any atom is 0.165 e. The Kier molecular flexibility index (Phi) is 7.48. The molecule has 0 radical (unpaired) electrons. The SMILES string of the molecule is COc1c(CNC(C)(C)CO)ccc(CNC(C)(C)CO)c1OC. The predicted molar refractivity (Wildman–Crippen MR) is 95.6 cm³/mol. The maximum absolute atomic E-state index is 9.37. The summed E-state index contributed by atoms with van der Waals surface area (Å²) in [5, 5.41) is 25.3. The Balaban J connectivity index is 3.01. The lowest BCUT2D eigenvalue weighted by Crippen LogP contribution is -2.42. The summed E-state index contributed by atoms with van der Waals surface area (Å²) in [4.78, 5) is 0. The molecule has 4 N–H and O–H groups in total. The molecular formula is C18H32N2O4. The molecule has 6 heteroatoms. The molecule has 1 aromatic carbocycles. The van der Waals surface area contributed by atoms with E-state index in [2.05, 4.69) is 10.6 Å². The van der Waals surface area contributed by atoms with E-state index in [1.807, 2.05) is 39.8 Å². The molecule has 0 atom stereocenters. The first-order valence-corrected chi connectivity index (χ1v) is 8.14. The van der Waals surface area contributed by atoms with Gasteiger partial charge < -0.3 is 30.3 Å². The number of hydrogen-bond acceptors (Lipinski definition) is 6. The monoisotopic (exact) mass is 340 g/mol. The third-order valence-corrected chi connectivity index (χ3v) is 3.99. The van der Waals surface area contributed by atoms with Crippen LogP contribution < -0.4 is 20.1 Å². The zero-order valence-corrected chi connectivity index (χ0v) is 15.7. The summed E-state index contributed by atoms with van der Waals surface area (Å²) in [5.41, 5.74) is 1.18. The van der Waals surface area contributed by atoms with Crippen LogP contribution in [0.15, 0.2) is 12.1 Å². The zero-order valence-electron chi connectivity index (χ0n) is 15.7. The maximum atomic E-state index is 9.37. The summed E-state index contributed by atoms with van der Waals surface area (Å²) in [7, 11) is 3.24. The first-order chi connectivity index (χ1) is 11.2. The Morgan fingerprint density at radius 3 is 1.38 bits per heavy atom. The molecule has 0 spiro atoms. The topological polar surface area (TPSA) is 83.0 Å². The second-order valence-electron chi connectivity index (χ2n) is 7.24. The number of aliphatic hydroxyl groups excluding tert-OH is 2. The predicted octanol–water partition coefficient (Wildman–Crippen LogP) is 1.42. The molecule has 0 aliphatic carbocycles. The van der Waals surface area contributed by atoms with Gasteiger partial charge in [-0.1, -0.05) is 12.1 Å². The van der Waals surface area contributed by atoms with Crippen LogP contribution in [0.3, 0.4) is 0 Å². The molecule has 0 unspecified atom stereocenters. The van der Waals surface area contributed by atoms with Crippen molar-refractivity contribution in [2.45, 2.75) is 51.9 Å². The van der Waals surface area contributed by atoms with Gasteiger partial charge in [0.15, 0.2) is 11.5 Å². The molecule has 0 aliphatic rings. The fourth-order valence-electron chi connectivity index (χ4n) is 2.15. The molecule has 138 valence electrons. The van der Waals surface area contributed by atoms with Crippen LogP contribution in [0.25, 0.3) is 0 Å². The van der Waals surface area contributed by atoms with Crippen LogP contribution in [0.2, 0.25) is 0 Å². The van der Waals surface area contributed by atoms with Gasteiger partial charge in [0.2, 0.25) is 0 Å². The number of methoxy groups -OCH3 is 2. The fraction of sp³-hybridized carbons (Fsp3) is 0.667. The number of nitrogens with one attached hydrogen (secondary N) is 2. The highest BCUT2D eigenvalue weighted by Gasteiger charge is 2.21. The molecule has 0 saturated carbocycles. The standard InChI is InChI=1S/C18H32N2O4/c1-17(2,11-21)19-9-13-7-8-14(10-20-18(3,4)12-22)16(24-6)15(13)23-5/h7-8,19-22H,9-12H2,1-6H3. The van der Waals surface area contributed by atoms with Crippen molar-refractivity contribution in [1.29, 1.82) is 0 Å². The highest BCUT2D eigenvalue weighted by Crippen LogP contribution is 2.35. The lowest BCUT2D eigenvalue weighted by Gasteiger charge is -2.26. The van der Waals surface area contributed by atoms with Crippen molar-refractivity contribution < 1.29 is 19.7 Å². The Morgan fingerprint density at radius 2 is 1.12 bits per heavy atom. The highest BCUT2D eigenvalue weighted by molar-refractivity contribution is 5.52. The number of ether oxygens (including phenoxy) is 2. The van der Waals surface area contributed by atoms with Crippen molar-refractivity contribution >= 4 is 0 Å². The molecule has 24 heavy (non-hydrogen) atoms. The molecule has 0 amide bonds. The van der Waals surface area contributed by atoms with Gasteiger partial charge in [-0.15, -0.1) is 0 Å². The molecule has 0 saturated heterocycles. The van der Waals surface area contributed by atoms with E-state index in [1.165, 1.54) is 0 Å². The lowest BCUT2D eigenvalue weighted by molar-refractivity contribution is 0.186. The Hall–Kier alpha value is -1.34. The molecule has 0 fully saturated rings. The van der Waals surface area contributed by atoms with Crippen LogP contribution >= 0.6 is 0 Å². The van der Waals surface area contributed by atoms with Crippen LogP contribution in [-0.2, 0) is 13.1 Å². The lowest BCUT2D eigenvalue weighted by atomic mass is 10.0. The quantitative estimate of drug-likeness (QED) is 0.516. The van der Waals surface area contributed by atoms with Gasteiger partial charge in [0, 0.05) is 35.3 Å². The van der Waals surface area contributed by atoms with E-state index < -0.39 is 0 Å². The number of benzene rings is 1. The van der Waals surface area contributed by atoms with Crippen molar-refractivity contribution in [3.63, 3.8) is 0 Å². The van der Waals surface area contributed by atoms with Crippen molar-refractivity contribution in [3.8, 4) is 11.5 Å². The third kappa shape index (κ3) is 5.63. The number of rotatable bonds is 10. The average molecular weight is 340 g/mol. The summed E-state index contributed by atoms with van der Waals surface area (Å²) in [5.74, 6) is 1.36. The van der Waals surface area contributed by atoms with E-state index in [4.69, 9.17) is 9.47 Å². The van der Waals surface area contributed by atoms with Gasteiger partial charge >= 0.3 is 0 Å². The Bertz CT molecular complexity index is 483. The van der Waals surface area contributed by atoms with Crippen LogP contribution in [-0.4, -0.2) is 48.7 Å². The summed E-state index contributed by atoms with van der Waals surface area (Å²) in [6, 6.07) is 3.98. The average Bonchev–Trinajstić information content (AvgIpc) is 2.57. The molecule has 0 bridgehead atoms. The summed E-state index contributed by atoms with van der Waals surface area (Å²) in [6.45, 7) is 8.96. The minimum atomic E-state index is -0.371. The number of hydrogen-bond donors (Lipinski definition) is 4. The molecular weight excluding hydrogens is 308 g/mol. The largest absolute Gasteiger partial charge is 0.493 e. The molecule has 0 aromatic heterocycles. The molecule has 0 heterocycles. The van der Waals surface area contributed by atoms with Crippen molar-refractivity contribution in [3.05, 3.63) is 23.3 Å². The second-order valence-corrected chi connectivity index (χ2v) is 7.24. The molecule has 0 aliphatic heterocycles. The first kappa shape index (κ1) is 20.7. The van der Waals surface area contributed by atoms with Gasteiger partial charge in [0.1, 0.15) is 0 Å². The highest BCUT2D eigenvalue weighted by atomic mass is 16.5. The molecule has 6 nitrogen and oxygen atoms in total. The van der Waals surface area contributed by atoms with Crippen LogP contribution in [0.1, 0.15) is 38.8 Å². The zero-order chi connectivity index (χ0) is 18.4. The van der Waals surface area contributed by atoms with Crippen LogP contribution in [0, 0.1) is 0 Å². The van der Waals surface area contributed by atoms with Crippen molar-refractivity contribution in [2.75, 3.05) is 27.4 Å². The van der Waals surface area contributed by atoms with E-state index in [9.17, 15) is 10.2 Å². The normalized spacial score (nSPS) is 12.3.